The van der Waals surface area contributed by atoms with E-state index < -0.39 is 10.8 Å². The van der Waals surface area contributed by atoms with E-state index in [2.05, 4.69) is 41.2 Å². The first-order valence-electron chi connectivity index (χ1n) is 8.80. The van der Waals surface area contributed by atoms with Gasteiger partial charge in [0.05, 0.1) is 0 Å². The van der Waals surface area contributed by atoms with Gasteiger partial charge in [0, 0.05) is 58.4 Å². The van der Waals surface area contributed by atoms with Crippen molar-refractivity contribution in [3.63, 3.8) is 0 Å². The molecule has 124 valence electrons. The lowest BCUT2D eigenvalue weighted by Gasteiger charge is -2.47. The first kappa shape index (κ1) is 15.4. The van der Waals surface area contributed by atoms with E-state index in [0.29, 0.717) is 17.9 Å². The van der Waals surface area contributed by atoms with Crippen LogP contribution in [0.1, 0.15) is 36.8 Å². The van der Waals surface area contributed by atoms with E-state index in [1.54, 1.807) is 0 Å². The summed E-state index contributed by atoms with van der Waals surface area (Å²) in [6.45, 7) is 4.54. The number of hydrogen-bond donors (Lipinski definition) is 1. The molecule has 2 aromatic rings. The fraction of sp³-hybridized carbons (Fsp3) is 0.579. The van der Waals surface area contributed by atoms with Crippen LogP contribution < -0.4 is 0 Å². The third-order valence-corrected chi connectivity index (χ3v) is 6.58. The van der Waals surface area contributed by atoms with Gasteiger partial charge < -0.3 is 4.98 Å². The van der Waals surface area contributed by atoms with Gasteiger partial charge in [0.15, 0.2) is 0 Å². The molecule has 1 N–H and O–H groups in total. The van der Waals surface area contributed by atoms with Crippen molar-refractivity contribution in [1.29, 1.82) is 0 Å². The first-order chi connectivity index (χ1) is 11.2. The maximum atomic E-state index is 11.8. The normalized spacial score (nSPS) is 28.7. The lowest BCUT2D eigenvalue weighted by atomic mass is 9.72. The average Bonchev–Trinajstić information content (AvgIpc) is 2.93. The number of H-pyrrole nitrogens is 1. The molecule has 1 aliphatic heterocycles. The summed E-state index contributed by atoms with van der Waals surface area (Å²) in [6, 6.07) is 7.32. The number of likely N-dealkylation sites (tertiary alicyclic amines) is 1. The number of nitrogens with zero attached hydrogens (tertiary/aromatic N) is 1. The number of aromatic amines is 1. The summed E-state index contributed by atoms with van der Waals surface area (Å²) >= 11 is 0. The van der Waals surface area contributed by atoms with Gasteiger partial charge in [-0.25, -0.2) is 0 Å². The Morgan fingerprint density at radius 3 is 3.04 bits per heavy atom. The number of benzene rings is 1. The van der Waals surface area contributed by atoms with Crippen LogP contribution in [0.25, 0.3) is 10.9 Å². The van der Waals surface area contributed by atoms with Crippen LogP contribution in [-0.2, 0) is 17.2 Å². The molecule has 1 aromatic carbocycles. The second-order valence-electron chi connectivity index (χ2n) is 7.30. The molecule has 1 fully saturated rings. The van der Waals surface area contributed by atoms with E-state index in [1.165, 1.54) is 34.9 Å². The first-order valence-corrected chi connectivity index (χ1v) is 10.5. The van der Waals surface area contributed by atoms with Gasteiger partial charge >= 0.3 is 0 Å². The second-order valence-corrected chi connectivity index (χ2v) is 8.78. The van der Waals surface area contributed by atoms with E-state index in [-0.39, 0.29) is 0 Å². The third-order valence-electron chi connectivity index (χ3n) is 5.64. The fourth-order valence-corrected chi connectivity index (χ4v) is 5.80. The minimum absolute atomic E-state index is 0.560. The number of piperidine rings is 1. The van der Waals surface area contributed by atoms with Crippen LogP contribution in [0.3, 0.4) is 0 Å². The molecule has 0 radical (unpaired) electrons. The van der Waals surface area contributed by atoms with Gasteiger partial charge in [0.25, 0.3) is 0 Å². The Balaban J connectivity index is 1.74. The van der Waals surface area contributed by atoms with Crippen molar-refractivity contribution >= 4 is 21.7 Å². The Kier molecular flexibility index (Phi) is 4.06. The van der Waals surface area contributed by atoms with Crippen molar-refractivity contribution in [2.45, 2.75) is 38.1 Å². The Morgan fingerprint density at radius 1 is 1.39 bits per heavy atom. The number of aromatic nitrogens is 1. The standard InChI is InChI=1S/C19H26N2OS/c1-3-7-21-11-13(12-23(2)22)8-16-15-5-4-6-17-19(15)14(10-20-17)9-18(16)21/h4-6,10,13,16,18,20H,3,7-9,11-12H2,1-2H3/t13-,16+,18-,23-/m1/s1. The van der Waals surface area contributed by atoms with Crippen LogP contribution in [-0.4, -0.2) is 45.2 Å². The molecule has 4 heteroatoms. The van der Waals surface area contributed by atoms with Gasteiger partial charge in [0.2, 0.25) is 0 Å². The highest BCUT2D eigenvalue weighted by molar-refractivity contribution is 7.84. The highest BCUT2D eigenvalue weighted by Gasteiger charge is 2.40. The van der Waals surface area contributed by atoms with Crippen molar-refractivity contribution in [3.8, 4) is 0 Å². The topological polar surface area (TPSA) is 36.1 Å². The molecule has 23 heavy (non-hydrogen) atoms. The molecule has 1 saturated heterocycles. The Morgan fingerprint density at radius 2 is 2.26 bits per heavy atom. The van der Waals surface area contributed by atoms with Gasteiger partial charge in [-0.15, -0.1) is 0 Å². The van der Waals surface area contributed by atoms with Crippen LogP contribution in [0.5, 0.6) is 0 Å². The molecule has 3 nitrogen and oxygen atoms in total. The maximum absolute atomic E-state index is 11.8. The minimum Gasteiger partial charge on any atom is -0.361 e. The molecule has 1 aliphatic carbocycles. The van der Waals surface area contributed by atoms with E-state index in [0.717, 1.165) is 25.3 Å². The number of rotatable bonds is 4. The summed E-state index contributed by atoms with van der Waals surface area (Å²) < 4.78 is 11.8. The van der Waals surface area contributed by atoms with Gasteiger partial charge in [-0.3, -0.25) is 9.11 Å². The lowest BCUT2D eigenvalue weighted by molar-refractivity contribution is 0.0923. The largest absolute Gasteiger partial charge is 0.361 e. The SMILES string of the molecule is CCCN1C[C@H](C[S@@](C)=O)C[C@H]2c3cccc4[nH]cc(c34)C[C@H]21. The van der Waals surface area contributed by atoms with Gasteiger partial charge in [0.1, 0.15) is 0 Å². The zero-order valence-electron chi connectivity index (χ0n) is 14.0. The van der Waals surface area contributed by atoms with E-state index in [1.807, 2.05) is 6.26 Å². The van der Waals surface area contributed by atoms with Crippen LogP contribution in [0.2, 0.25) is 0 Å². The van der Waals surface area contributed by atoms with Crippen molar-refractivity contribution in [2.75, 3.05) is 25.1 Å². The molecule has 1 aromatic heterocycles. The predicted octanol–water partition coefficient (Wildman–Crippen LogP) is 3.29. The average molecular weight is 330 g/mol. The molecule has 0 bridgehead atoms. The highest BCUT2D eigenvalue weighted by Crippen LogP contribution is 2.44. The summed E-state index contributed by atoms with van der Waals surface area (Å²) in [5, 5.41) is 1.46. The lowest BCUT2D eigenvalue weighted by Crippen LogP contribution is -2.51. The maximum Gasteiger partial charge on any atom is 0.0459 e. The van der Waals surface area contributed by atoms with Gasteiger partial charge in [-0.1, -0.05) is 19.1 Å². The third kappa shape index (κ3) is 2.66. The Hall–Kier alpha value is -1.13. The molecule has 2 heterocycles. The Bertz CT molecular complexity index is 738. The molecule has 4 rings (SSSR count). The highest BCUT2D eigenvalue weighted by atomic mass is 32.2. The fourth-order valence-electron chi connectivity index (χ4n) is 4.90. The molecule has 0 amide bonds. The Labute approximate surface area is 140 Å². The predicted molar refractivity (Wildman–Crippen MR) is 97.4 cm³/mol. The van der Waals surface area contributed by atoms with Crippen LogP contribution in [0, 0.1) is 5.92 Å². The molecule has 4 atom stereocenters. The molecule has 0 unspecified atom stereocenters. The van der Waals surface area contributed by atoms with Crippen LogP contribution in [0.15, 0.2) is 24.4 Å². The zero-order valence-corrected chi connectivity index (χ0v) is 14.9. The quantitative estimate of drug-likeness (QED) is 0.934. The van der Waals surface area contributed by atoms with E-state index >= 15 is 0 Å². The van der Waals surface area contributed by atoms with Crippen molar-refractivity contribution < 1.29 is 4.21 Å². The number of nitrogens with one attached hydrogen (secondary N) is 1. The number of fused-ring (bicyclic) bond motifs is 2. The monoisotopic (exact) mass is 330 g/mol. The van der Waals surface area contributed by atoms with Gasteiger partial charge in [-0.05, 0) is 48.9 Å². The van der Waals surface area contributed by atoms with Crippen LogP contribution in [0.4, 0.5) is 0 Å². The van der Waals surface area contributed by atoms with Gasteiger partial charge in [-0.2, -0.15) is 0 Å². The summed E-state index contributed by atoms with van der Waals surface area (Å²) in [7, 11) is -0.701. The van der Waals surface area contributed by atoms with Crippen molar-refractivity contribution in [2.24, 2.45) is 5.92 Å². The molecule has 2 aliphatic rings. The van der Waals surface area contributed by atoms with Crippen molar-refractivity contribution in [1.82, 2.24) is 9.88 Å². The smallest absolute Gasteiger partial charge is 0.0459 e. The summed E-state index contributed by atoms with van der Waals surface area (Å²) in [5.74, 6) is 2.00. The van der Waals surface area contributed by atoms with E-state index in [9.17, 15) is 4.21 Å². The van der Waals surface area contributed by atoms with Crippen LogP contribution >= 0.6 is 0 Å². The second kappa shape index (κ2) is 6.06. The van der Waals surface area contributed by atoms with Crippen molar-refractivity contribution in [3.05, 3.63) is 35.5 Å². The molecular weight excluding hydrogens is 304 g/mol. The summed E-state index contributed by atoms with van der Waals surface area (Å²) in [4.78, 5) is 6.13. The molecule has 0 spiro atoms. The number of hydrogen-bond acceptors (Lipinski definition) is 2. The summed E-state index contributed by atoms with van der Waals surface area (Å²) in [6.07, 6.45) is 7.59. The zero-order chi connectivity index (χ0) is 16.0. The summed E-state index contributed by atoms with van der Waals surface area (Å²) in [5.41, 5.74) is 4.28. The minimum atomic E-state index is -0.701. The molecular formula is C19H26N2OS. The molecule has 0 saturated carbocycles. The van der Waals surface area contributed by atoms with E-state index in [4.69, 9.17) is 0 Å².